The molecule has 0 aliphatic rings. The fourth-order valence-electron chi connectivity index (χ4n) is 2.48. The first-order valence-corrected chi connectivity index (χ1v) is 8.78. The van der Waals surface area contributed by atoms with Crippen molar-refractivity contribution in [3.05, 3.63) is 53.7 Å². The second kappa shape index (κ2) is 6.39. The van der Waals surface area contributed by atoms with Gasteiger partial charge in [-0.25, -0.2) is 21.9 Å². The molecule has 0 fully saturated rings. The van der Waals surface area contributed by atoms with Crippen LogP contribution >= 0.6 is 0 Å². The number of aromatic nitrogens is 1. The van der Waals surface area contributed by atoms with Gasteiger partial charge >= 0.3 is 0 Å². The number of rotatable bonds is 5. The fourth-order valence-corrected chi connectivity index (χ4v) is 3.53. The second-order valence-corrected chi connectivity index (χ2v) is 7.14. The van der Waals surface area contributed by atoms with E-state index < -0.39 is 38.1 Å². The molecular formula is C16H14F2N4O3S. The number of hydrogen-bond donors (Lipinski definition) is 4. The van der Waals surface area contributed by atoms with Gasteiger partial charge in [0.25, 0.3) is 0 Å². The quantitative estimate of drug-likeness (QED) is 0.401. The summed E-state index contributed by atoms with van der Waals surface area (Å²) >= 11 is 0. The minimum absolute atomic E-state index is 0.0714. The molecule has 0 bridgehead atoms. The van der Waals surface area contributed by atoms with Crippen LogP contribution in [0, 0.1) is 17.0 Å². The van der Waals surface area contributed by atoms with Gasteiger partial charge in [-0.2, -0.15) is 0 Å². The van der Waals surface area contributed by atoms with Crippen molar-refractivity contribution in [2.45, 2.75) is 4.90 Å². The van der Waals surface area contributed by atoms with E-state index >= 15 is 0 Å². The van der Waals surface area contributed by atoms with Gasteiger partial charge in [0.05, 0.1) is 5.56 Å². The Labute approximate surface area is 147 Å². The van der Waals surface area contributed by atoms with E-state index in [-0.39, 0.29) is 22.2 Å². The third kappa shape index (κ3) is 3.00. The van der Waals surface area contributed by atoms with Crippen molar-refractivity contribution in [1.82, 2.24) is 9.71 Å². The molecule has 0 aliphatic carbocycles. The summed E-state index contributed by atoms with van der Waals surface area (Å²) in [6.45, 7) is 0. The van der Waals surface area contributed by atoms with Crippen LogP contribution < -0.4 is 15.2 Å². The SMILES string of the molecule is CNS(=O)(=O)c1c(Oc2ccc(F)c(C(=N)N)c2)c(F)cc2[nH]ccc12. The Hall–Kier alpha value is -2.98. The second-order valence-electron chi connectivity index (χ2n) is 5.32. The monoisotopic (exact) mass is 380 g/mol. The molecule has 1 heterocycles. The highest BCUT2D eigenvalue weighted by molar-refractivity contribution is 7.89. The molecule has 0 spiro atoms. The average Bonchev–Trinajstić information content (AvgIpc) is 3.03. The Morgan fingerprint density at radius 2 is 1.96 bits per heavy atom. The highest BCUT2D eigenvalue weighted by Crippen LogP contribution is 2.37. The maximum absolute atomic E-state index is 14.6. The number of aromatic amines is 1. The third-order valence-corrected chi connectivity index (χ3v) is 5.18. The van der Waals surface area contributed by atoms with Crippen molar-refractivity contribution in [2.24, 2.45) is 5.73 Å². The van der Waals surface area contributed by atoms with Crippen LogP contribution in [-0.2, 0) is 10.0 Å². The standard InChI is InChI=1S/C16H14F2N4O3S/c1-21-26(23,24)15-9-4-5-22-13(9)7-12(18)14(15)25-8-2-3-11(17)10(6-8)16(19)20/h2-7,21-22H,1H3,(H3,19,20). The van der Waals surface area contributed by atoms with Gasteiger partial charge in [-0.05, 0) is 31.3 Å². The van der Waals surface area contributed by atoms with E-state index in [4.69, 9.17) is 15.9 Å². The number of fused-ring (bicyclic) bond motifs is 1. The molecule has 0 saturated heterocycles. The first-order valence-electron chi connectivity index (χ1n) is 7.29. The number of amidine groups is 1. The summed E-state index contributed by atoms with van der Waals surface area (Å²) in [5, 5.41) is 7.58. The number of halogens is 2. The predicted molar refractivity (Wildman–Crippen MR) is 92.0 cm³/mol. The molecule has 1 aromatic heterocycles. The van der Waals surface area contributed by atoms with Crippen LogP contribution in [0.3, 0.4) is 0 Å². The molecule has 2 aromatic carbocycles. The number of nitrogens with two attached hydrogens (primary N) is 1. The Morgan fingerprint density at radius 3 is 2.62 bits per heavy atom. The summed E-state index contributed by atoms with van der Waals surface area (Å²) in [5.41, 5.74) is 5.32. The maximum atomic E-state index is 14.6. The number of ether oxygens (including phenoxy) is 1. The number of sulfonamides is 1. The molecule has 0 aliphatic heterocycles. The third-order valence-electron chi connectivity index (χ3n) is 3.70. The van der Waals surface area contributed by atoms with Gasteiger partial charge in [0.15, 0.2) is 11.6 Å². The molecular weight excluding hydrogens is 366 g/mol. The number of hydrogen-bond acceptors (Lipinski definition) is 4. The Bertz CT molecular complexity index is 1130. The van der Waals surface area contributed by atoms with Crippen LogP contribution in [0.25, 0.3) is 10.9 Å². The van der Waals surface area contributed by atoms with E-state index in [1.807, 2.05) is 0 Å². The minimum atomic E-state index is -4.08. The van der Waals surface area contributed by atoms with E-state index in [1.54, 1.807) is 0 Å². The fraction of sp³-hybridized carbons (Fsp3) is 0.0625. The molecule has 7 nitrogen and oxygen atoms in total. The van der Waals surface area contributed by atoms with E-state index in [0.29, 0.717) is 0 Å². The molecule has 0 atom stereocenters. The Balaban J connectivity index is 2.23. The van der Waals surface area contributed by atoms with Crippen molar-refractivity contribution < 1.29 is 21.9 Å². The Kier molecular flexibility index (Phi) is 4.38. The molecule has 0 amide bonds. The topological polar surface area (TPSA) is 121 Å². The summed E-state index contributed by atoms with van der Waals surface area (Å²) in [6, 6.07) is 5.82. The van der Waals surface area contributed by atoms with E-state index in [1.165, 1.54) is 25.4 Å². The summed E-state index contributed by atoms with van der Waals surface area (Å²) in [6.07, 6.45) is 1.47. The maximum Gasteiger partial charge on any atom is 0.244 e. The van der Waals surface area contributed by atoms with Gasteiger partial charge in [0.2, 0.25) is 10.0 Å². The van der Waals surface area contributed by atoms with Crippen molar-refractivity contribution in [3.8, 4) is 11.5 Å². The summed E-state index contributed by atoms with van der Waals surface area (Å²) in [4.78, 5) is 2.34. The van der Waals surface area contributed by atoms with Crippen LogP contribution in [0.2, 0.25) is 0 Å². The lowest BCUT2D eigenvalue weighted by Gasteiger charge is -2.14. The largest absolute Gasteiger partial charge is 0.453 e. The zero-order chi connectivity index (χ0) is 19.1. The lowest BCUT2D eigenvalue weighted by Crippen LogP contribution is -2.20. The number of benzene rings is 2. The summed E-state index contributed by atoms with van der Waals surface area (Å²) < 4.78 is 60.6. The highest BCUT2D eigenvalue weighted by atomic mass is 32.2. The van der Waals surface area contributed by atoms with Gasteiger partial charge < -0.3 is 15.5 Å². The first kappa shape index (κ1) is 17.8. The van der Waals surface area contributed by atoms with Gasteiger partial charge in [-0.1, -0.05) is 0 Å². The van der Waals surface area contributed by atoms with Crippen LogP contribution in [0.1, 0.15) is 5.56 Å². The lowest BCUT2D eigenvalue weighted by atomic mass is 10.2. The molecule has 0 radical (unpaired) electrons. The van der Waals surface area contributed by atoms with Crippen LogP contribution in [-0.4, -0.2) is 26.3 Å². The van der Waals surface area contributed by atoms with Crippen molar-refractivity contribution in [2.75, 3.05) is 7.05 Å². The van der Waals surface area contributed by atoms with E-state index in [9.17, 15) is 17.2 Å². The average molecular weight is 380 g/mol. The molecule has 3 rings (SSSR count). The van der Waals surface area contributed by atoms with Gasteiger partial charge in [-0.3, -0.25) is 5.41 Å². The predicted octanol–water partition coefficient (Wildman–Crippen LogP) is 2.43. The Morgan fingerprint density at radius 1 is 1.23 bits per heavy atom. The number of nitrogen functional groups attached to an aromatic ring is 1. The molecule has 5 N–H and O–H groups in total. The van der Waals surface area contributed by atoms with Crippen molar-refractivity contribution in [1.29, 1.82) is 5.41 Å². The van der Waals surface area contributed by atoms with E-state index in [2.05, 4.69) is 9.71 Å². The molecule has 136 valence electrons. The number of nitrogens with one attached hydrogen (secondary N) is 3. The van der Waals surface area contributed by atoms with Crippen molar-refractivity contribution in [3.63, 3.8) is 0 Å². The highest BCUT2D eigenvalue weighted by Gasteiger charge is 2.26. The van der Waals surface area contributed by atoms with Gasteiger partial charge in [0, 0.05) is 23.2 Å². The summed E-state index contributed by atoms with van der Waals surface area (Å²) in [5.74, 6) is -2.85. The summed E-state index contributed by atoms with van der Waals surface area (Å²) in [7, 11) is -2.89. The minimum Gasteiger partial charge on any atom is -0.453 e. The molecule has 0 saturated carbocycles. The molecule has 3 aromatic rings. The smallest absolute Gasteiger partial charge is 0.244 e. The first-order chi connectivity index (χ1) is 12.2. The zero-order valence-electron chi connectivity index (χ0n) is 13.4. The lowest BCUT2D eigenvalue weighted by molar-refractivity contribution is 0.428. The van der Waals surface area contributed by atoms with Gasteiger partial charge in [0.1, 0.15) is 22.3 Å². The van der Waals surface area contributed by atoms with Crippen LogP contribution in [0.15, 0.2) is 41.4 Å². The molecule has 0 unspecified atom stereocenters. The van der Waals surface area contributed by atoms with E-state index in [0.717, 1.165) is 18.2 Å². The molecule has 10 heteroatoms. The molecule has 26 heavy (non-hydrogen) atoms. The zero-order valence-corrected chi connectivity index (χ0v) is 14.2. The van der Waals surface area contributed by atoms with Crippen molar-refractivity contribution >= 4 is 26.8 Å². The normalized spacial score (nSPS) is 11.7. The van der Waals surface area contributed by atoms with Gasteiger partial charge in [-0.15, -0.1) is 0 Å². The van der Waals surface area contributed by atoms with Crippen LogP contribution in [0.5, 0.6) is 11.5 Å². The van der Waals surface area contributed by atoms with Crippen LogP contribution in [0.4, 0.5) is 8.78 Å². The number of H-pyrrole nitrogens is 1.